The molecule has 2 aliphatic heterocycles. The Morgan fingerprint density at radius 1 is 0.891 bits per heavy atom. The van der Waals surface area contributed by atoms with Gasteiger partial charge in [-0.15, -0.1) is 0 Å². The van der Waals surface area contributed by atoms with Crippen molar-refractivity contribution in [1.29, 1.82) is 0 Å². The first kappa shape index (κ1) is 32.6. The Balaban J connectivity index is 1.48. The maximum atomic E-state index is 13.7. The van der Waals surface area contributed by atoms with Crippen LogP contribution in [0, 0.1) is 6.92 Å². The molecular formula is C33H36ClN4O7P. The van der Waals surface area contributed by atoms with Crippen LogP contribution < -0.4 is 11.2 Å². The van der Waals surface area contributed by atoms with Gasteiger partial charge in [0.1, 0.15) is 0 Å². The summed E-state index contributed by atoms with van der Waals surface area (Å²) in [6, 6.07) is 30.0. The van der Waals surface area contributed by atoms with Crippen LogP contribution in [0.25, 0.3) is 0 Å². The van der Waals surface area contributed by atoms with E-state index in [0.717, 1.165) is 16.7 Å². The molecule has 1 aromatic heterocycles. The van der Waals surface area contributed by atoms with Crippen molar-refractivity contribution in [3.8, 4) is 0 Å². The van der Waals surface area contributed by atoms with Crippen LogP contribution in [0.15, 0.2) is 107 Å². The minimum Gasteiger partial charge on any atom is -0.376 e. The summed E-state index contributed by atoms with van der Waals surface area (Å²) in [6.07, 6.45) is -0.879. The first-order chi connectivity index (χ1) is 22.2. The number of aromatic amines is 1. The Morgan fingerprint density at radius 2 is 1.46 bits per heavy atom. The lowest BCUT2D eigenvalue weighted by atomic mass is 9.75. The Bertz CT molecular complexity index is 1690. The van der Waals surface area contributed by atoms with Gasteiger partial charge in [0, 0.05) is 36.1 Å². The van der Waals surface area contributed by atoms with Crippen LogP contribution >= 0.6 is 18.2 Å². The molecule has 0 radical (unpaired) electrons. The normalized spacial score (nSPS) is 22.7. The lowest BCUT2D eigenvalue weighted by Gasteiger charge is -2.50. The fourth-order valence-electron chi connectivity index (χ4n) is 6.23. The number of hydrogen-bond donors (Lipinski definition) is 1. The summed E-state index contributed by atoms with van der Waals surface area (Å²) >= 11 is 6.45. The molecule has 1 N–H and O–H groups in total. The van der Waals surface area contributed by atoms with Gasteiger partial charge >= 0.3 is 12.6 Å². The van der Waals surface area contributed by atoms with E-state index in [1.54, 1.807) is 6.92 Å². The van der Waals surface area contributed by atoms with E-state index in [0.29, 0.717) is 25.3 Å². The van der Waals surface area contributed by atoms with Crippen LogP contribution in [0.3, 0.4) is 0 Å². The summed E-state index contributed by atoms with van der Waals surface area (Å²) in [5, 5.41) is 1.47. The molecule has 0 saturated carbocycles. The standard InChI is InChI=1S/C33H36ClN4O7P/c1-24-20-38(32(40)35-31(24)39)29-22-36(23-30(43-29)44-46(34,41)45-37-18-19-42-25(2)21-37)33(26-12-6-3-7-13-26,27-14-8-4-9-15-27)28-16-10-5-11-17-28/h3-17,20,25,29-30H,18-19,21-23H2,1-2H3,(H,35,39,40)/t25?,29-,30+,46?/m1/s1. The van der Waals surface area contributed by atoms with E-state index in [1.165, 1.54) is 15.8 Å². The monoisotopic (exact) mass is 666 g/mol. The number of nitrogens with zero attached hydrogens (tertiary/aromatic N) is 3. The number of morpholine rings is 2. The summed E-state index contributed by atoms with van der Waals surface area (Å²) in [7, 11) is 0. The minimum absolute atomic E-state index is 0.0891. The highest BCUT2D eigenvalue weighted by molar-refractivity contribution is 7.81. The number of hydroxylamine groups is 2. The van der Waals surface area contributed by atoms with E-state index in [2.05, 4.69) is 9.88 Å². The highest BCUT2D eigenvalue weighted by atomic mass is 35.7. The van der Waals surface area contributed by atoms with Gasteiger partial charge in [0.05, 0.1) is 31.3 Å². The highest BCUT2D eigenvalue weighted by Crippen LogP contribution is 2.56. The zero-order chi connectivity index (χ0) is 32.3. The molecule has 6 rings (SSSR count). The van der Waals surface area contributed by atoms with Crippen molar-refractivity contribution in [2.75, 3.05) is 32.8 Å². The van der Waals surface area contributed by atoms with Gasteiger partial charge in [-0.1, -0.05) is 91.0 Å². The third-order valence-electron chi connectivity index (χ3n) is 8.22. The lowest BCUT2D eigenvalue weighted by Crippen LogP contribution is -2.58. The van der Waals surface area contributed by atoms with Gasteiger partial charge in [-0.05, 0) is 30.5 Å². The van der Waals surface area contributed by atoms with Crippen molar-refractivity contribution in [2.24, 2.45) is 0 Å². The Morgan fingerprint density at radius 3 is 2.00 bits per heavy atom. The van der Waals surface area contributed by atoms with E-state index in [4.69, 9.17) is 29.9 Å². The number of ether oxygens (including phenoxy) is 2. The van der Waals surface area contributed by atoms with Gasteiger partial charge in [0.2, 0.25) is 0 Å². The van der Waals surface area contributed by atoms with Gasteiger partial charge in [-0.25, -0.2) is 14.0 Å². The summed E-state index contributed by atoms with van der Waals surface area (Å²) in [6.45, 7) is 0.595. The fraction of sp³-hybridized carbons (Fsp3) is 0.333. The van der Waals surface area contributed by atoms with Crippen molar-refractivity contribution in [3.63, 3.8) is 0 Å². The maximum Gasteiger partial charge on any atom is 0.443 e. The largest absolute Gasteiger partial charge is 0.443 e. The molecule has 3 heterocycles. The van der Waals surface area contributed by atoms with E-state index in [-0.39, 0.29) is 19.2 Å². The van der Waals surface area contributed by atoms with Gasteiger partial charge in [-0.3, -0.25) is 23.8 Å². The molecule has 242 valence electrons. The molecule has 0 aliphatic carbocycles. The maximum absolute atomic E-state index is 13.7. The van der Waals surface area contributed by atoms with Crippen LogP contribution in [0.1, 0.15) is 35.4 Å². The van der Waals surface area contributed by atoms with E-state index >= 15 is 0 Å². The van der Waals surface area contributed by atoms with Gasteiger partial charge in [0.15, 0.2) is 12.5 Å². The molecule has 3 aromatic carbocycles. The van der Waals surface area contributed by atoms with Crippen LogP contribution in [0.2, 0.25) is 0 Å². The molecule has 0 amide bonds. The average molecular weight is 667 g/mol. The number of benzene rings is 3. The average Bonchev–Trinajstić information content (AvgIpc) is 3.04. The van der Waals surface area contributed by atoms with Gasteiger partial charge in [-0.2, -0.15) is 5.06 Å². The van der Waals surface area contributed by atoms with Crippen LogP contribution in [0.5, 0.6) is 0 Å². The second kappa shape index (κ2) is 13.8. The van der Waals surface area contributed by atoms with Crippen LogP contribution in [0.4, 0.5) is 0 Å². The smallest absolute Gasteiger partial charge is 0.376 e. The third-order valence-corrected chi connectivity index (χ3v) is 9.56. The number of halogens is 1. The molecule has 13 heteroatoms. The van der Waals surface area contributed by atoms with E-state index < -0.39 is 36.3 Å². The Labute approximate surface area is 271 Å². The number of aromatic nitrogens is 2. The summed E-state index contributed by atoms with van der Waals surface area (Å²) < 4.78 is 38.5. The number of hydrogen-bond acceptors (Lipinski definition) is 9. The summed E-state index contributed by atoms with van der Waals surface area (Å²) in [4.78, 5) is 30.0. The molecule has 4 aromatic rings. The molecule has 2 fully saturated rings. The molecule has 46 heavy (non-hydrogen) atoms. The first-order valence-corrected chi connectivity index (χ1v) is 17.5. The molecule has 4 atom stereocenters. The zero-order valence-electron chi connectivity index (χ0n) is 25.5. The SMILES string of the molecule is Cc1cn([C@H]2CN(C(c3ccccc3)(c3ccccc3)c3ccccc3)C[C@H](OP(=O)(Cl)ON3CCOC(C)C3)O2)c(=O)[nH]c1=O. The number of H-pyrrole nitrogens is 1. The predicted octanol–water partition coefficient (Wildman–Crippen LogP) is 5.01. The molecule has 2 unspecified atom stereocenters. The number of aryl methyl sites for hydroxylation is 1. The van der Waals surface area contributed by atoms with Gasteiger partial charge in [0.25, 0.3) is 5.56 Å². The van der Waals surface area contributed by atoms with Crippen LogP contribution in [-0.2, 0) is 28.7 Å². The van der Waals surface area contributed by atoms with E-state index in [9.17, 15) is 14.2 Å². The lowest BCUT2D eigenvalue weighted by molar-refractivity contribution is -0.216. The zero-order valence-corrected chi connectivity index (χ0v) is 27.2. The summed E-state index contributed by atoms with van der Waals surface area (Å²) in [5.74, 6) is 0. The van der Waals surface area contributed by atoms with Crippen LogP contribution in [-0.4, -0.2) is 64.7 Å². The first-order valence-electron chi connectivity index (χ1n) is 15.1. The number of rotatable bonds is 9. The van der Waals surface area contributed by atoms with Crippen molar-refractivity contribution < 1.29 is 23.2 Å². The van der Waals surface area contributed by atoms with Crippen molar-refractivity contribution in [2.45, 2.75) is 38.0 Å². The minimum atomic E-state index is -4.25. The number of nitrogens with one attached hydrogen (secondary N) is 1. The van der Waals surface area contributed by atoms with Crippen molar-refractivity contribution in [1.82, 2.24) is 19.5 Å². The quantitative estimate of drug-likeness (QED) is 0.194. The molecule has 0 bridgehead atoms. The predicted molar refractivity (Wildman–Crippen MR) is 173 cm³/mol. The van der Waals surface area contributed by atoms with E-state index in [1.807, 2.05) is 97.9 Å². The highest BCUT2D eigenvalue weighted by Gasteiger charge is 2.48. The Kier molecular flexibility index (Phi) is 9.75. The second-order valence-electron chi connectivity index (χ2n) is 11.4. The molecular weight excluding hydrogens is 631 g/mol. The topological polar surface area (TPSA) is 115 Å². The second-order valence-corrected chi connectivity index (χ2v) is 13.9. The molecule has 0 spiro atoms. The van der Waals surface area contributed by atoms with Crippen molar-refractivity contribution in [3.05, 3.63) is 140 Å². The molecule has 2 saturated heterocycles. The van der Waals surface area contributed by atoms with Crippen molar-refractivity contribution >= 4 is 18.2 Å². The van der Waals surface area contributed by atoms with Gasteiger partial charge < -0.3 is 9.47 Å². The third kappa shape index (κ3) is 6.83. The Hall–Kier alpha value is -3.38. The summed E-state index contributed by atoms with van der Waals surface area (Å²) in [5.41, 5.74) is 1.10. The molecule has 11 nitrogen and oxygen atoms in total. The fourth-order valence-corrected chi connectivity index (χ4v) is 7.62. The molecule has 2 aliphatic rings.